The van der Waals surface area contributed by atoms with Crippen molar-refractivity contribution in [1.29, 1.82) is 0 Å². The second-order valence-electron chi connectivity index (χ2n) is 5.27. The van der Waals surface area contributed by atoms with Crippen molar-refractivity contribution in [2.75, 3.05) is 11.9 Å². The highest BCUT2D eigenvalue weighted by Gasteiger charge is 2.13. The van der Waals surface area contributed by atoms with Gasteiger partial charge in [-0.3, -0.25) is 0 Å². The van der Waals surface area contributed by atoms with Gasteiger partial charge in [-0.2, -0.15) is 0 Å². The van der Waals surface area contributed by atoms with Gasteiger partial charge in [0, 0.05) is 17.7 Å². The maximum Gasteiger partial charge on any atom is 0.133 e. The molecule has 0 unspecified atom stereocenters. The van der Waals surface area contributed by atoms with Crippen LogP contribution in [0.2, 0.25) is 0 Å². The maximum atomic E-state index is 4.66. The summed E-state index contributed by atoms with van der Waals surface area (Å²) in [7, 11) is 0. The minimum Gasteiger partial charge on any atom is -0.370 e. The van der Waals surface area contributed by atoms with Gasteiger partial charge < -0.3 is 5.32 Å². The van der Waals surface area contributed by atoms with Crippen LogP contribution < -0.4 is 5.32 Å². The molecule has 2 rings (SSSR count). The molecule has 0 saturated heterocycles. The van der Waals surface area contributed by atoms with Crippen LogP contribution in [0.5, 0.6) is 0 Å². The zero-order chi connectivity index (χ0) is 14.7. The molecule has 106 valence electrons. The first-order chi connectivity index (χ1) is 9.54. The molecule has 0 aliphatic rings. The van der Waals surface area contributed by atoms with Crippen LogP contribution in [0.1, 0.15) is 35.9 Å². The fraction of sp³-hybridized carbons (Fsp3) is 0.412. The molecule has 0 fully saturated rings. The maximum absolute atomic E-state index is 4.66. The van der Waals surface area contributed by atoms with E-state index in [1.54, 1.807) is 0 Å². The van der Waals surface area contributed by atoms with Gasteiger partial charge in [-0.15, -0.1) is 0 Å². The summed E-state index contributed by atoms with van der Waals surface area (Å²) < 4.78 is 0. The Bertz CT molecular complexity index is 618. The standard InChI is InChI=1S/C17H23N3/c1-6-10-18-17-13(4)16(19-14(5)20-17)15-9-7-8-11(2)12(15)3/h7-9H,6,10H2,1-5H3,(H,18,19,20). The van der Waals surface area contributed by atoms with Crippen molar-refractivity contribution in [2.24, 2.45) is 0 Å². The van der Waals surface area contributed by atoms with Crippen molar-refractivity contribution in [2.45, 2.75) is 41.0 Å². The summed E-state index contributed by atoms with van der Waals surface area (Å²) >= 11 is 0. The normalized spacial score (nSPS) is 10.7. The Kier molecular flexibility index (Phi) is 4.38. The summed E-state index contributed by atoms with van der Waals surface area (Å²) in [6.45, 7) is 11.4. The van der Waals surface area contributed by atoms with E-state index in [9.17, 15) is 0 Å². The van der Waals surface area contributed by atoms with Crippen molar-refractivity contribution >= 4 is 5.82 Å². The van der Waals surface area contributed by atoms with Gasteiger partial charge >= 0.3 is 0 Å². The Morgan fingerprint density at radius 1 is 1.00 bits per heavy atom. The highest BCUT2D eigenvalue weighted by atomic mass is 15.0. The Morgan fingerprint density at radius 3 is 2.45 bits per heavy atom. The quantitative estimate of drug-likeness (QED) is 0.904. The molecule has 0 spiro atoms. The molecule has 0 atom stereocenters. The lowest BCUT2D eigenvalue weighted by Gasteiger charge is -2.15. The van der Waals surface area contributed by atoms with Gasteiger partial charge in [0.05, 0.1) is 5.69 Å². The van der Waals surface area contributed by atoms with E-state index in [2.05, 4.69) is 61.2 Å². The third kappa shape index (κ3) is 2.82. The average molecular weight is 269 g/mol. The van der Waals surface area contributed by atoms with Crippen LogP contribution in [0.3, 0.4) is 0 Å². The monoisotopic (exact) mass is 269 g/mol. The number of anilines is 1. The number of hydrogen-bond donors (Lipinski definition) is 1. The smallest absolute Gasteiger partial charge is 0.133 e. The highest BCUT2D eigenvalue weighted by Crippen LogP contribution is 2.29. The van der Waals surface area contributed by atoms with Crippen molar-refractivity contribution < 1.29 is 0 Å². The van der Waals surface area contributed by atoms with Gasteiger partial charge in [0.2, 0.25) is 0 Å². The summed E-state index contributed by atoms with van der Waals surface area (Å²) in [6, 6.07) is 6.37. The zero-order valence-electron chi connectivity index (χ0n) is 13.0. The second-order valence-corrected chi connectivity index (χ2v) is 5.27. The van der Waals surface area contributed by atoms with E-state index in [1.165, 1.54) is 16.7 Å². The Balaban J connectivity index is 2.56. The van der Waals surface area contributed by atoms with Gasteiger partial charge in [0.25, 0.3) is 0 Å². The van der Waals surface area contributed by atoms with E-state index in [0.29, 0.717) is 0 Å². The molecule has 0 radical (unpaired) electrons. The molecule has 1 heterocycles. The predicted molar refractivity (Wildman–Crippen MR) is 85.2 cm³/mol. The fourth-order valence-electron chi connectivity index (χ4n) is 2.31. The van der Waals surface area contributed by atoms with Crippen molar-refractivity contribution in [1.82, 2.24) is 9.97 Å². The van der Waals surface area contributed by atoms with Crippen LogP contribution in [0.4, 0.5) is 5.82 Å². The first kappa shape index (κ1) is 14.5. The highest BCUT2D eigenvalue weighted by molar-refractivity contribution is 5.71. The molecular formula is C17H23N3. The number of aryl methyl sites for hydroxylation is 2. The lowest BCUT2D eigenvalue weighted by atomic mass is 9.98. The van der Waals surface area contributed by atoms with Crippen LogP contribution in [-0.4, -0.2) is 16.5 Å². The Labute approximate surface area is 121 Å². The molecule has 3 nitrogen and oxygen atoms in total. The van der Waals surface area contributed by atoms with E-state index in [-0.39, 0.29) is 0 Å². The van der Waals surface area contributed by atoms with E-state index in [1.807, 2.05) is 6.92 Å². The molecule has 3 heteroatoms. The lowest BCUT2D eigenvalue weighted by molar-refractivity contribution is 0.947. The summed E-state index contributed by atoms with van der Waals surface area (Å²) in [5, 5.41) is 3.40. The lowest BCUT2D eigenvalue weighted by Crippen LogP contribution is -2.08. The largest absolute Gasteiger partial charge is 0.370 e. The molecule has 1 aromatic carbocycles. The minimum atomic E-state index is 0.810. The van der Waals surface area contributed by atoms with Crippen LogP contribution >= 0.6 is 0 Å². The molecular weight excluding hydrogens is 246 g/mol. The molecule has 0 amide bonds. The van der Waals surface area contributed by atoms with Crippen LogP contribution in [0.25, 0.3) is 11.3 Å². The number of nitrogens with zero attached hydrogens (tertiary/aromatic N) is 2. The van der Waals surface area contributed by atoms with Crippen LogP contribution in [0.15, 0.2) is 18.2 Å². The predicted octanol–water partition coefficient (Wildman–Crippen LogP) is 4.20. The molecule has 2 aromatic rings. The minimum absolute atomic E-state index is 0.810. The van der Waals surface area contributed by atoms with Gasteiger partial charge in [0.1, 0.15) is 11.6 Å². The number of aromatic nitrogens is 2. The third-order valence-corrected chi connectivity index (χ3v) is 3.66. The molecule has 0 aliphatic heterocycles. The fourth-order valence-corrected chi connectivity index (χ4v) is 2.31. The average Bonchev–Trinajstić information content (AvgIpc) is 2.42. The summed E-state index contributed by atoms with van der Waals surface area (Å²) in [6.07, 6.45) is 1.08. The van der Waals surface area contributed by atoms with Gasteiger partial charge in [-0.05, 0) is 45.2 Å². The molecule has 20 heavy (non-hydrogen) atoms. The van der Waals surface area contributed by atoms with Crippen LogP contribution in [0, 0.1) is 27.7 Å². The number of benzene rings is 1. The summed E-state index contributed by atoms with van der Waals surface area (Å²) in [5.41, 5.74) is 5.94. The second kappa shape index (κ2) is 6.04. The van der Waals surface area contributed by atoms with Crippen molar-refractivity contribution in [3.8, 4) is 11.3 Å². The van der Waals surface area contributed by atoms with E-state index in [0.717, 1.165) is 35.9 Å². The Hall–Kier alpha value is -1.90. The summed E-state index contributed by atoms with van der Waals surface area (Å²) in [4.78, 5) is 9.19. The molecule has 1 aromatic heterocycles. The van der Waals surface area contributed by atoms with E-state index >= 15 is 0 Å². The molecule has 0 saturated carbocycles. The first-order valence-corrected chi connectivity index (χ1v) is 7.20. The van der Waals surface area contributed by atoms with Crippen molar-refractivity contribution in [3.05, 3.63) is 40.7 Å². The first-order valence-electron chi connectivity index (χ1n) is 7.20. The number of nitrogens with one attached hydrogen (secondary N) is 1. The van der Waals surface area contributed by atoms with Gasteiger partial charge in [-0.1, -0.05) is 25.1 Å². The zero-order valence-corrected chi connectivity index (χ0v) is 13.0. The molecule has 1 N–H and O–H groups in total. The molecule has 0 bridgehead atoms. The summed E-state index contributed by atoms with van der Waals surface area (Å²) in [5.74, 6) is 1.76. The van der Waals surface area contributed by atoms with Gasteiger partial charge in [0.15, 0.2) is 0 Å². The number of hydrogen-bond acceptors (Lipinski definition) is 3. The third-order valence-electron chi connectivity index (χ3n) is 3.66. The van der Waals surface area contributed by atoms with E-state index in [4.69, 9.17) is 0 Å². The van der Waals surface area contributed by atoms with Crippen molar-refractivity contribution in [3.63, 3.8) is 0 Å². The topological polar surface area (TPSA) is 37.8 Å². The Morgan fingerprint density at radius 2 is 1.75 bits per heavy atom. The van der Waals surface area contributed by atoms with E-state index < -0.39 is 0 Å². The molecule has 0 aliphatic carbocycles. The van der Waals surface area contributed by atoms with Crippen LogP contribution in [-0.2, 0) is 0 Å². The number of rotatable bonds is 4. The van der Waals surface area contributed by atoms with Gasteiger partial charge in [-0.25, -0.2) is 9.97 Å². The SMILES string of the molecule is CCCNc1nc(C)nc(-c2cccc(C)c2C)c1C.